The van der Waals surface area contributed by atoms with Crippen LogP contribution < -0.4 is 14.2 Å². The van der Waals surface area contributed by atoms with Gasteiger partial charge < -0.3 is 18.9 Å². The first-order chi connectivity index (χ1) is 14.8. The summed E-state index contributed by atoms with van der Waals surface area (Å²) in [6.07, 6.45) is 2.28. The number of ether oxygens (including phenoxy) is 4. The summed E-state index contributed by atoms with van der Waals surface area (Å²) in [5.74, 6) is 2.45. The van der Waals surface area contributed by atoms with Crippen molar-refractivity contribution < 1.29 is 18.9 Å². The summed E-state index contributed by atoms with van der Waals surface area (Å²) in [6.45, 7) is 4.88. The van der Waals surface area contributed by atoms with E-state index in [9.17, 15) is 0 Å². The number of hydrazone groups is 1. The van der Waals surface area contributed by atoms with Gasteiger partial charge in [0.1, 0.15) is 17.2 Å². The Bertz CT molecular complexity index is 1050. The van der Waals surface area contributed by atoms with Crippen LogP contribution in [0.5, 0.6) is 17.2 Å². The minimum Gasteiger partial charge on any atom is -0.497 e. The van der Waals surface area contributed by atoms with Crippen LogP contribution in [0, 0.1) is 0 Å². The minimum absolute atomic E-state index is 0.0944. The molecule has 6 nitrogen and oxygen atoms in total. The molecule has 3 aliphatic heterocycles. The van der Waals surface area contributed by atoms with Crippen molar-refractivity contribution in [3.8, 4) is 17.2 Å². The molecule has 2 atom stereocenters. The molecule has 5 rings (SSSR count). The molecular weight excluding hydrogens is 460 g/mol. The van der Waals surface area contributed by atoms with Crippen LogP contribution in [-0.4, -0.2) is 42.9 Å². The van der Waals surface area contributed by atoms with Crippen LogP contribution in [0.3, 0.4) is 0 Å². The van der Waals surface area contributed by atoms with Crippen LogP contribution in [0.25, 0.3) is 0 Å². The Morgan fingerprint density at radius 1 is 1.13 bits per heavy atom. The lowest BCUT2D eigenvalue weighted by Gasteiger charge is -2.52. The molecule has 0 radical (unpaired) electrons. The summed E-state index contributed by atoms with van der Waals surface area (Å²) < 4.78 is 24.8. The van der Waals surface area contributed by atoms with Crippen molar-refractivity contribution in [3.63, 3.8) is 0 Å². The van der Waals surface area contributed by atoms with Crippen molar-refractivity contribution in [2.24, 2.45) is 5.10 Å². The molecule has 0 bridgehead atoms. The van der Waals surface area contributed by atoms with E-state index in [-0.39, 0.29) is 11.6 Å². The molecule has 3 aliphatic rings. The summed E-state index contributed by atoms with van der Waals surface area (Å²) >= 11 is 3.63. The van der Waals surface area contributed by atoms with E-state index in [0.29, 0.717) is 6.61 Å². The molecular formula is C24H27BrN2O4. The van der Waals surface area contributed by atoms with Crippen LogP contribution in [-0.2, 0) is 4.74 Å². The number of halogens is 1. The number of benzene rings is 2. The van der Waals surface area contributed by atoms with Gasteiger partial charge in [-0.15, -0.1) is 0 Å². The Hall–Kier alpha value is -2.25. The van der Waals surface area contributed by atoms with Crippen molar-refractivity contribution in [1.29, 1.82) is 0 Å². The van der Waals surface area contributed by atoms with Gasteiger partial charge in [-0.3, -0.25) is 0 Å². The summed E-state index contributed by atoms with van der Waals surface area (Å²) in [5, 5.41) is 7.33. The van der Waals surface area contributed by atoms with Gasteiger partial charge in [0.25, 0.3) is 0 Å². The lowest BCUT2D eigenvalue weighted by atomic mass is 9.86. The molecule has 0 amide bonds. The van der Waals surface area contributed by atoms with Gasteiger partial charge in [-0.2, -0.15) is 5.10 Å². The Balaban J connectivity index is 1.62. The van der Waals surface area contributed by atoms with Crippen LogP contribution >= 0.6 is 15.9 Å². The van der Waals surface area contributed by atoms with E-state index in [4.69, 9.17) is 24.0 Å². The minimum atomic E-state index is -0.533. The summed E-state index contributed by atoms with van der Waals surface area (Å²) in [5.41, 5.74) is 2.30. The molecule has 0 aromatic heterocycles. The van der Waals surface area contributed by atoms with Crippen molar-refractivity contribution in [3.05, 3.63) is 52.0 Å². The van der Waals surface area contributed by atoms with Crippen molar-refractivity contribution in [1.82, 2.24) is 5.01 Å². The zero-order chi connectivity index (χ0) is 21.8. The van der Waals surface area contributed by atoms with Gasteiger partial charge in [-0.05, 0) is 44.2 Å². The number of nitrogens with zero attached hydrogens (tertiary/aromatic N) is 2. The Morgan fingerprint density at radius 3 is 2.71 bits per heavy atom. The first-order valence-electron chi connectivity index (χ1n) is 10.6. The van der Waals surface area contributed by atoms with E-state index in [1.807, 2.05) is 24.3 Å². The van der Waals surface area contributed by atoms with Gasteiger partial charge in [-0.25, -0.2) is 5.01 Å². The molecule has 2 aromatic carbocycles. The average Bonchev–Trinajstić information content (AvgIpc) is 3.20. The number of methoxy groups -OCH3 is 2. The van der Waals surface area contributed by atoms with Gasteiger partial charge in [-0.1, -0.05) is 15.9 Å². The zero-order valence-corrected chi connectivity index (χ0v) is 19.9. The molecule has 164 valence electrons. The summed E-state index contributed by atoms with van der Waals surface area (Å²) in [6, 6.07) is 12.2. The molecule has 7 heteroatoms. The second-order valence-electron chi connectivity index (χ2n) is 8.94. The maximum atomic E-state index is 6.71. The van der Waals surface area contributed by atoms with Gasteiger partial charge in [0.15, 0.2) is 0 Å². The largest absolute Gasteiger partial charge is 0.497 e. The highest BCUT2D eigenvalue weighted by Gasteiger charge is 2.54. The third-order valence-electron chi connectivity index (χ3n) is 6.37. The second kappa shape index (κ2) is 7.41. The first kappa shape index (κ1) is 20.6. The molecule has 31 heavy (non-hydrogen) atoms. The molecule has 0 aliphatic carbocycles. The topological polar surface area (TPSA) is 52.5 Å². The fourth-order valence-electron chi connectivity index (χ4n) is 5.03. The number of hydrogen-bond acceptors (Lipinski definition) is 6. The maximum absolute atomic E-state index is 6.71. The molecule has 0 N–H and O–H groups in total. The standard InChI is InChI=1S/C24H27BrN2O4/c1-23(2)14-24(9-10-30-23)27-20(18-11-15(25)5-8-21(18)31-24)13-19(26-27)17-7-6-16(28-3)12-22(17)29-4/h5-8,11-12,20H,9-10,13-14H2,1-4H3/t20-,24+/m1/s1. The lowest BCUT2D eigenvalue weighted by molar-refractivity contribution is -0.212. The maximum Gasteiger partial charge on any atom is 0.203 e. The number of rotatable bonds is 3. The molecule has 1 saturated heterocycles. The molecule has 1 spiro atoms. The smallest absolute Gasteiger partial charge is 0.203 e. The van der Waals surface area contributed by atoms with Crippen molar-refractivity contribution in [2.45, 2.75) is 50.5 Å². The predicted molar refractivity (Wildman–Crippen MR) is 122 cm³/mol. The van der Waals surface area contributed by atoms with E-state index in [1.54, 1.807) is 14.2 Å². The van der Waals surface area contributed by atoms with Crippen LogP contribution in [0.15, 0.2) is 46.0 Å². The monoisotopic (exact) mass is 486 g/mol. The molecule has 1 fully saturated rings. The third kappa shape index (κ3) is 3.48. The number of hydrogen-bond donors (Lipinski definition) is 0. The fraction of sp³-hybridized carbons (Fsp3) is 0.458. The van der Waals surface area contributed by atoms with Gasteiger partial charge in [0, 0.05) is 40.9 Å². The fourth-order valence-corrected chi connectivity index (χ4v) is 5.40. The Kier molecular flexibility index (Phi) is 4.94. The first-order valence-corrected chi connectivity index (χ1v) is 11.4. The third-order valence-corrected chi connectivity index (χ3v) is 6.86. The zero-order valence-electron chi connectivity index (χ0n) is 18.3. The highest BCUT2D eigenvalue weighted by atomic mass is 79.9. The molecule has 3 heterocycles. The van der Waals surface area contributed by atoms with Crippen LogP contribution in [0.1, 0.15) is 50.3 Å². The van der Waals surface area contributed by atoms with Crippen LogP contribution in [0.4, 0.5) is 0 Å². The summed E-state index contributed by atoms with van der Waals surface area (Å²) in [4.78, 5) is 0. The van der Waals surface area contributed by atoms with Gasteiger partial charge in [0.05, 0.1) is 38.2 Å². The Morgan fingerprint density at radius 2 is 1.97 bits per heavy atom. The highest BCUT2D eigenvalue weighted by Crippen LogP contribution is 2.52. The Labute approximate surface area is 191 Å². The quantitative estimate of drug-likeness (QED) is 0.589. The SMILES string of the molecule is COc1ccc(C2=NN3[C@H](C2)c2cc(Br)ccc2O[C@]32CCOC(C)(C)C2)c(OC)c1. The molecule has 2 aromatic rings. The van der Waals surface area contributed by atoms with Crippen LogP contribution in [0.2, 0.25) is 0 Å². The van der Waals surface area contributed by atoms with E-state index in [0.717, 1.165) is 57.8 Å². The average molecular weight is 487 g/mol. The van der Waals surface area contributed by atoms with Crippen molar-refractivity contribution >= 4 is 21.6 Å². The molecule has 0 saturated carbocycles. The van der Waals surface area contributed by atoms with E-state index in [2.05, 4.69) is 46.9 Å². The lowest BCUT2D eigenvalue weighted by Crippen LogP contribution is -2.60. The summed E-state index contributed by atoms with van der Waals surface area (Å²) in [7, 11) is 3.34. The molecule has 0 unspecified atom stereocenters. The number of fused-ring (bicyclic) bond motifs is 4. The van der Waals surface area contributed by atoms with Gasteiger partial charge in [0.2, 0.25) is 5.72 Å². The normalized spacial score (nSPS) is 26.0. The second-order valence-corrected chi connectivity index (χ2v) is 9.86. The van der Waals surface area contributed by atoms with E-state index < -0.39 is 5.72 Å². The predicted octanol–water partition coefficient (Wildman–Crippen LogP) is 5.30. The van der Waals surface area contributed by atoms with E-state index >= 15 is 0 Å². The van der Waals surface area contributed by atoms with Crippen molar-refractivity contribution in [2.75, 3.05) is 20.8 Å². The van der Waals surface area contributed by atoms with E-state index in [1.165, 1.54) is 0 Å². The highest BCUT2D eigenvalue weighted by molar-refractivity contribution is 9.10. The van der Waals surface area contributed by atoms with Gasteiger partial charge >= 0.3 is 0 Å².